The van der Waals surface area contributed by atoms with Gasteiger partial charge in [0.25, 0.3) is 5.56 Å². The molecule has 3 heterocycles. The second-order valence-corrected chi connectivity index (χ2v) is 6.41. The van der Waals surface area contributed by atoms with Crippen LogP contribution >= 0.6 is 0 Å². The van der Waals surface area contributed by atoms with Crippen LogP contribution in [0.25, 0.3) is 0 Å². The number of nitrogens with zero attached hydrogens (tertiary/aromatic N) is 2. The van der Waals surface area contributed by atoms with E-state index in [9.17, 15) is 19.5 Å². The fraction of sp³-hybridized carbons (Fsp3) is 0.412. The third-order valence-corrected chi connectivity index (χ3v) is 4.57. The van der Waals surface area contributed by atoms with E-state index < -0.39 is 16.9 Å². The van der Waals surface area contributed by atoms with Crippen LogP contribution in [0.1, 0.15) is 29.7 Å². The van der Waals surface area contributed by atoms with Crippen molar-refractivity contribution in [2.45, 2.75) is 31.8 Å². The van der Waals surface area contributed by atoms with Crippen molar-refractivity contribution >= 4 is 5.91 Å². The lowest BCUT2D eigenvalue weighted by Gasteiger charge is -2.37. The monoisotopic (exact) mass is 344 g/mol. The Labute approximate surface area is 143 Å². The molecular formula is C17H20N4O4. The van der Waals surface area contributed by atoms with Gasteiger partial charge >= 0.3 is 5.69 Å². The number of nitrogens with one attached hydrogen (secondary N) is 2. The summed E-state index contributed by atoms with van der Waals surface area (Å²) in [5.74, 6) is -0.212. The summed E-state index contributed by atoms with van der Waals surface area (Å²) in [6.45, 7) is 2.69. The number of aliphatic hydroxyl groups is 1. The van der Waals surface area contributed by atoms with Crippen LogP contribution in [-0.4, -0.2) is 44.0 Å². The zero-order chi connectivity index (χ0) is 18.0. The first kappa shape index (κ1) is 17.1. The highest BCUT2D eigenvalue weighted by atomic mass is 16.3. The van der Waals surface area contributed by atoms with E-state index in [1.54, 1.807) is 11.1 Å². The number of aromatic nitrogens is 3. The molecule has 3 N–H and O–H groups in total. The fourth-order valence-corrected chi connectivity index (χ4v) is 2.97. The van der Waals surface area contributed by atoms with Crippen LogP contribution in [0.15, 0.2) is 34.1 Å². The molecule has 1 aliphatic rings. The minimum atomic E-state index is -1.04. The molecule has 0 aliphatic carbocycles. The average molecular weight is 344 g/mol. The number of piperidine rings is 1. The zero-order valence-electron chi connectivity index (χ0n) is 13.9. The number of aromatic amines is 2. The van der Waals surface area contributed by atoms with Crippen LogP contribution in [0.4, 0.5) is 0 Å². The van der Waals surface area contributed by atoms with E-state index in [1.165, 1.54) is 6.20 Å². The third kappa shape index (κ3) is 3.69. The van der Waals surface area contributed by atoms with Gasteiger partial charge < -0.3 is 15.0 Å². The van der Waals surface area contributed by atoms with Gasteiger partial charge in [0, 0.05) is 31.0 Å². The molecule has 132 valence electrons. The minimum absolute atomic E-state index is 0.0900. The molecule has 2 aromatic heterocycles. The number of pyridine rings is 1. The van der Waals surface area contributed by atoms with Crippen LogP contribution in [0.2, 0.25) is 0 Å². The molecule has 0 unspecified atom stereocenters. The number of rotatable bonds is 3. The molecule has 0 atom stereocenters. The van der Waals surface area contributed by atoms with Gasteiger partial charge in [-0.25, -0.2) is 4.79 Å². The van der Waals surface area contributed by atoms with E-state index in [2.05, 4.69) is 15.0 Å². The van der Waals surface area contributed by atoms with Crippen molar-refractivity contribution in [1.29, 1.82) is 0 Å². The molecule has 8 heteroatoms. The predicted molar refractivity (Wildman–Crippen MR) is 90.1 cm³/mol. The first-order chi connectivity index (χ1) is 11.9. The third-order valence-electron chi connectivity index (χ3n) is 4.57. The molecule has 3 rings (SSSR count). The summed E-state index contributed by atoms with van der Waals surface area (Å²) < 4.78 is 0. The van der Waals surface area contributed by atoms with Gasteiger partial charge in [-0.05, 0) is 31.4 Å². The van der Waals surface area contributed by atoms with Crippen molar-refractivity contribution < 1.29 is 9.90 Å². The zero-order valence-corrected chi connectivity index (χ0v) is 13.9. The van der Waals surface area contributed by atoms with E-state index in [0.717, 1.165) is 5.56 Å². The molecule has 0 radical (unpaired) electrons. The Balaban J connectivity index is 1.65. The minimum Gasteiger partial charge on any atom is -0.383 e. The topological polar surface area (TPSA) is 119 Å². The summed E-state index contributed by atoms with van der Waals surface area (Å²) in [5.41, 5.74) is -0.358. The van der Waals surface area contributed by atoms with Crippen molar-refractivity contribution in [3.63, 3.8) is 0 Å². The van der Waals surface area contributed by atoms with E-state index in [1.807, 2.05) is 19.1 Å². The van der Waals surface area contributed by atoms with Gasteiger partial charge in [0.15, 0.2) is 0 Å². The standard InChI is InChI=1S/C17H20N4O4/c1-11-2-3-13(18-9-11)17(25)4-6-21(7-5-17)14(22)8-12-10-19-16(24)20-15(12)23/h2-3,9-10,25H,4-8H2,1H3,(H2,19,20,23,24). The molecule has 0 saturated carbocycles. The number of amides is 1. The van der Waals surface area contributed by atoms with Crippen molar-refractivity contribution in [3.05, 3.63) is 62.2 Å². The first-order valence-corrected chi connectivity index (χ1v) is 8.11. The molecular weight excluding hydrogens is 324 g/mol. The maximum atomic E-state index is 12.4. The molecule has 25 heavy (non-hydrogen) atoms. The highest BCUT2D eigenvalue weighted by Crippen LogP contribution is 2.31. The van der Waals surface area contributed by atoms with E-state index in [-0.39, 0.29) is 17.9 Å². The van der Waals surface area contributed by atoms with Crippen LogP contribution < -0.4 is 11.2 Å². The highest BCUT2D eigenvalue weighted by molar-refractivity contribution is 5.78. The Bertz CT molecular complexity index is 877. The lowest BCUT2D eigenvalue weighted by atomic mass is 9.87. The number of H-pyrrole nitrogens is 2. The normalized spacial score (nSPS) is 16.6. The molecule has 1 amide bonds. The van der Waals surface area contributed by atoms with Crippen LogP contribution in [0, 0.1) is 6.92 Å². The molecule has 0 aromatic carbocycles. The Kier molecular flexibility index (Phi) is 4.54. The fourth-order valence-electron chi connectivity index (χ4n) is 2.97. The number of hydrogen-bond acceptors (Lipinski definition) is 5. The summed E-state index contributed by atoms with van der Waals surface area (Å²) in [6.07, 6.45) is 3.66. The maximum absolute atomic E-state index is 12.4. The second-order valence-electron chi connectivity index (χ2n) is 6.41. The summed E-state index contributed by atoms with van der Waals surface area (Å²) in [6, 6.07) is 3.72. The summed E-state index contributed by atoms with van der Waals surface area (Å²) in [5, 5.41) is 10.8. The van der Waals surface area contributed by atoms with Crippen LogP contribution in [0.5, 0.6) is 0 Å². The van der Waals surface area contributed by atoms with Gasteiger partial charge in [-0.1, -0.05) is 6.07 Å². The number of carbonyl (C=O) groups is 1. The SMILES string of the molecule is Cc1ccc(C2(O)CCN(C(=O)Cc3c[nH]c(=O)[nH]c3=O)CC2)nc1. The largest absolute Gasteiger partial charge is 0.383 e. The van der Waals surface area contributed by atoms with Gasteiger partial charge in [0.05, 0.1) is 12.1 Å². The average Bonchev–Trinajstić information content (AvgIpc) is 2.58. The van der Waals surface area contributed by atoms with E-state index in [4.69, 9.17) is 0 Å². The second kappa shape index (κ2) is 6.64. The van der Waals surface area contributed by atoms with Gasteiger partial charge in [-0.2, -0.15) is 0 Å². The van der Waals surface area contributed by atoms with Crippen molar-refractivity contribution in [3.8, 4) is 0 Å². The van der Waals surface area contributed by atoms with Gasteiger partial charge in [-0.15, -0.1) is 0 Å². The quantitative estimate of drug-likeness (QED) is 0.713. The first-order valence-electron chi connectivity index (χ1n) is 8.11. The molecule has 2 aromatic rings. The maximum Gasteiger partial charge on any atom is 0.325 e. The summed E-state index contributed by atoms with van der Waals surface area (Å²) in [4.78, 5) is 45.5. The van der Waals surface area contributed by atoms with Gasteiger partial charge in [-0.3, -0.25) is 19.6 Å². The number of carbonyl (C=O) groups excluding carboxylic acids is 1. The van der Waals surface area contributed by atoms with Crippen LogP contribution in [0.3, 0.4) is 0 Å². The van der Waals surface area contributed by atoms with Crippen molar-refractivity contribution in [2.24, 2.45) is 0 Å². The van der Waals surface area contributed by atoms with Gasteiger partial charge in [0.1, 0.15) is 5.60 Å². The Morgan fingerprint density at radius 2 is 2.04 bits per heavy atom. The number of aryl methyl sites for hydroxylation is 1. The summed E-state index contributed by atoms with van der Waals surface area (Å²) >= 11 is 0. The highest BCUT2D eigenvalue weighted by Gasteiger charge is 2.36. The van der Waals surface area contributed by atoms with Crippen molar-refractivity contribution in [1.82, 2.24) is 19.9 Å². The lowest BCUT2D eigenvalue weighted by Crippen LogP contribution is -2.46. The van der Waals surface area contributed by atoms with Gasteiger partial charge in [0.2, 0.25) is 5.91 Å². The molecule has 1 aliphatic heterocycles. The Hall–Kier alpha value is -2.74. The number of hydrogen-bond donors (Lipinski definition) is 3. The predicted octanol–water partition coefficient (Wildman–Crippen LogP) is -0.181. The number of likely N-dealkylation sites (tertiary alicyclic amines) is 1. The molecule has 8 nitrogen and oxygen atoms in total. The molecule has 1 saturated heterocycles. The van der Waals surface area contributed by atoms with Crippen LogP contribution in [-0.2, 0) is 16.8 Å². The Morgan fingerprint density at radius 3 is 2.64 bits per heavy atom. The summed E-state index contributed by atoms with van der Waals surface area (Å²) in [7, 11) is 0. The molecule has 0 bridgehead atoms. The lowest BCUT2D eigenvalue weighted by molar-refractivity contribution is -0.135. The Morgan fingerprint density at radius 1 is 1.32 bits per heavy atom. The smallest absolute Gasteiger partial charge is 0.325 e. The van der Waals surface area contributed by atoms with Crippen molar-refractivity contribution in [2.75, 3.05) is 13.1 Å². The molecule has 1 fully saturated rings. The van der Waals surface area contributed by atoms with E-state index >= 15 is 0 Å². The van der Waals surface area contributed by atoms with E-state index in [0.29, 0.717) is 31.6 Å². The molecule has 0 spiro atoms.